The van der Waals surface area contributed by atoms with E-state index in [1.807, 2.05) is 45.9 Å². The lowest BCUT2D eigenvalue weighted by atomic mass is 9.98. The van der Waals surface area contributed by atoms with Crippen LogP contribution >= 0.6 is 0 Å². The maximum Gasteiger partial charge on any atom is 0.410 e. The molecule has 1 aliphatic rings. The van der Waals surface area contributed by atoms with E-state index < -0.39 is 5.60 Å². The van der Waals surface area contributed by atoms with Crippen molar-refractivity contribution in [2.75, 3.05) is 25.4 Å². The molecular formula is C18H27N3O3. The van der Waals surface area contributed by atoms with E-state index in [0.717, 1.165) is 17.6 Å². The van der Waals surface area contributed by atoms with Gasteiger partial charge in [0.15, 0.2) is 5.69 Å². The number of carbonyl (C=O) groups excluding carboxylic acids is 1. The number of hydroxylamine groups is 1. The van der Waals surface area contributed by atoms with Gasteiger partial charge in [-0.2, -0.15) is 0 Å². The number of anilines is 1. The van der Waals surface area contributed by atoms with Crippen LogP contribution in [0, 0.1) is 5.21 Å². The summed E-state index contributed by atoms with van der Waals surface area (Å²) in [5, 5.41) is 12.0. The number of ether oxygens (including phenoxy) is 1. The van der Waals surface area contributed by atoms with Gasteiger partial charge in [-0.05, 0) is 51.3 Å². The molecule has 1 atom stereocenters. The summed E-state index contributed by atoms with van der Waals surface area (Å²) in [6, 6.07) is 5.56. The van der Waals surface area contributed by atoms with E-state index in [-0.39, 0.29) is 11.2 Å². The summed E-state index contributed by atoms with van der Waals surface area (Å²) < 4.78 is 5.40. The number of nitrogens with one attached hydrogen (secondary N) is 1. The van der Waals surface area contributed by atoms with E-state index in [1.54, 1.807) is 11.0 Å². The first-order valence-corrected chi connectivity index (χ1v) is 8.31. The number of nitrogens with zero attached hydrogens (tertiary/aromatic N) is 1. The maximum absolute atomic E-state index is 12.1. The summed E-state index contributed by atoms with van der Waals surface area (Å²) in [6.45, 7) is 8.93. The van der Waals surface area contributed by atoms with Crippen molar-refractivity contribution in [3.8, 4) is 0 Å². The van der Waals surface area contributed by atoms with Crippen molar-refractivity contribution in [2.45, 2.75) is 39.7 Å². The Kier molecular flexibility index (Phi) is 5.51. The summed E-state index contributed by atoms with van der Waals surface area (Å²) >= 11 is 0. The van der Waals surface area contributed by atoms with Crippen LogP contribution in [0.15, 0.2) is 24.3 Å². The Bertz CT molecular complexity index is 635. The highest BCUT2D eigenvalue weighted by molar-refractivity contribution is 5.75. The van der Waals surface area contributed by atoms with Gasteiger partial charge < -0.3 is 25.6 Å². The van der Waals surface area contributed by atoms with Gasteiger partial charge in [0.1, 0.15) is 5.60 Å². The summed E-state index contributed by atoms with van der Waals surface area (Å²) in [7, 11) is 0. The zero-order valence-electron chi connectivity index (χ0n) is 14.9. The molecule has 24 heavy (non-hydrogen) atoms. The highest BCUT2D eigenvalue weighted by atomic mass is 16.6. The molecule has 0 bridgehead atoms. The van der Waals surface area contributed by atoms with Gasteiger partial charge in [-0.25, -0.2) is 4.79 Å². The summed E-state index contributed by atoms with van der Waals surface area (Å²) in [6.07, 6.45) is 2.44. The van der Waals surface area contributed by atoms with Crippen LogP contribution in [0.1, 0.15) is 39.7 Å². The van der Waals surface area contributed by atoms with E-state index in [2.05, 4.69) is 0 Å². The molecule has 0 saturated carbocycles. The molecule has 0 aliphatic carbocycles. The Hall–Kier alpha value is -2.05. The Morgan fingerprint density at radius 2 is 2.12 bits per heavy atom. The van der Waals surface area contributed by atoms with E-state index >= 15 is 0 Å². The molecule has 1 heterocycles. The van der Waals surface area contributed by atoms with Crippen molar-refractivity contribution < 1.29 is 14.6 Å². The second kappa shape index (κ2) is 7.23. The molecule has 6 nitrogen and oxygen atoms in total. The molecule has 1 unspecified atom stereocenters. The van der Waals surface area contributed by atoms with Gasteiger partial charge in [-0.15, -0.1) is 0 Å². The number of nitrogens with two attached hydrogens (primary N) is 1. The third kappa shape index (κ3) is 4.49. The quantitative estimate of drug-likeness (QED) is 0.657. The fourth-order valence-electron chi connectivity index (χ4n) is 2.61. The van der Waals surface area contributed by atoms with Gasteiger partial charge in [-0.3, -0.25) is 0 Å². The van der Waals surface area contributed by atoms with Crippen molar-refractivity contribution in [1.29, 1.82) is 0 Å². The molecule has 0 spiro atoms. The van der Waals surface area contributed by atoms with Crippen LogP contribution < -0.4 is 10.8 Å². The van der Waals surface area contributed by atoms with Crippen LogP contribution in [0.4, 0.5) is 16.2 Å². The molecular weight excluding hydrogens is 306 g/mol. The number of nitrogen functional groups attached to an aromatic ring is 1. The Morgan fingerprint density at radius 3 is 2.67 bits per heavy atom. The Labute approximate surface area is 143 Å². The Balaban J connectivity index is 2.11. The normalized spacial score (nSPS) is 16.5. The standard InChI is InChI=1S/C18H27N3O3/c1-5-21(23)16-12-14(6-7-15(16)19)13-8-10-20(11-9-13)17(22)24-18(2,3)4/h6-8,12,21H,5,9-11,19H2,1-4H3. The monoisotopic (exact) mass is 333 g/mol. The minimum atomic E-state index is -0.493. The first-order valence-electron chi connectivity index (χ1n) is 8.31. The minimum Gasteiger partial charge on any atom is -0.629 e. The second-order valence-corrected chi connectivity index (χ2v) is 6.98. The van der Waals surface area contributed by atoms with Gasteiger partial charge in [0, 0.05) is 19.2 Å². The molecule has 3 N–H and O–H groups in total. The van der Waals surface area contributed by atoms with Crippen LogP contribution in [0.2, 0.25) is 0 Å². The Morgan fingerprint density at radius 1 is 1.42 bits per heavy atom. The molecule has 1 aliphatic heterocycles. The third-order valence-electron chi connectivity index (χ3n) is 3.91. The largest absolute Gasteiger partial charge is 0.629 e. The van der Waals surface area contributed by atoms with E-state index in [9.17, 15) is 10.0 Å². The minimum absolute atomic E-state index is 0.0427. The van der Waals surface area contributed by atoms with Crippen LogP contribution in [-0.4, -0.2) is 36.2 Å². The van der Waals surface area contributed by atoms with Gasteiger partial charge in [0.05, 0.1) is 12.2 Å². The fraction of sp³-hybridized carbons (Fsp3) is 0.500. The maximum atomic E-state index is 12.1. The number of hydrogen-bond acceptors (Lipinski definition) is 4. The predicted octanol–water partition coefficient (Wildman–Crippen LogP) is 2.33. The highest BCUT2D eigenvalue weighted by Crippen LogP contribution is 2.27. The lowest BCUT2D eigenvalue weighted by molar-refractivity contribution is -0.773. The molecule has 0 radical (unpaired) electrons. The zero-order chi connectivity index (χ0) is 17.9. The van der Waals surface area contributed by atoms with Crippen LogP contribution in [-0.2, 0) is 4.74 Å². The summed E-state index contributed by atoms with van der Waals surface area (Å²) in [5.41, 5.74) is 8.62. The molecule has 2 rings (SSSR count). The molecule has 0 aromatic heterocycles. The molecule has 1 aromatic rings. The summed E-state index contributed by atoms with van der Waals surface area (Å²) in [4.78, 5) is 13.8. The predicted molar refractivity (Wildman–Crippen MR) is 95.8 cm³/mol. The van der Waals surface area contributed by atoms with Gasteiger partial charge in [0.2, 0.25) is 0 Å². The fourth-order valence-corrected chi connectivity index (χ4v) is 2.61. The van der Waals surface area contributed by atoms with Crippen molar-refractivity contribution in [2.24, 2.45) is 0 Å². The van der Waals surface area contributed by atoms with E-state index in [0.29, 0.717) is 31.0 Å². The van der Waals surface area contributed by atoms with Crippen LogP contribution in [0.3, 0.4) is 0 Å². The SMILES string of the molecule is CC[NH+]([O-])c1cc(C2=CCN(C(=O)OC(C)(C)C)CC2)ccc1N. The van der Waals surface area contributed by atoms with Crippen molar-refractivity contribution in [1.82, 2.24) is 4.90 Å². The number of carbonyl (C=O) groups is 1. The number of rotatable bonds is 3. The number of benzene rings is 1. The number of quaternary nitrogens is 1. The number of amides is 1. The van der Waals surface area contributed by atoms with Gasteiger partial charge >= 0.3 is 6.09 Å². The first kappa shape index (κ1) is 18.3. The van der Waals surface area contributed by atoms with Crippen molar-refractivity contribution >= 4 is 23.0 Å². The summed E-state index contributed by atoms with van der Waals surface area (Å²) in [5.74, 6) is 0. The lowest BCUT2D eigenvalue weighted by Crippen LogP contribution is -3.01. The molecule has 1 aromatic carbocycles. The van der Waals surface area contributed by atoms with Crippen LogP contribution in [0.5, 0.6) is 0 Å². The van der Waals surface area contributed by atoms with Crippen molar-refractivity contribution in [3.05, 3.63) is 35.0 Å². The first-order chi connectivity index (χ1) is 11.2. The molecule has 132 valence electrons. The molecule has 6 heteroatoms. The average Bonchev–Trinajstić information content (AvgIpc) is 2.53. The molecule has 0 fully saturated rings. The zero-order valence-corrected chi connectivity index (χ0v) is 14.9. The lowest BCUT2D eigenvalue weighted by Gasteiger charge is -2.30. The van der Waals surface area contributed by atoms with Crippen molar-refractivity contribution in [3.63, 3.8) is 0 Å². The van der Waals surface area contributed by atoms with E-state index in [4.69, 9.17) is 10.5 Å². The third-order valence-corrected chi connectivity index (χ3v) is 3.91. The highest BCUT2D eigenvalue weighted by Gasteiger charge is 2.24. The topological polar surface area (TPSA) is 83.1 Å². The second-order valence-electron chi connectivity index (χ2n) is 6.98. The smallest absolute Gasteiger partial charge is 0.410 e. The molecule has 0 saturated heterocycles. The average molecular weight is 333 g/mol. The molecule has 1 amide bonds. The number of hydrogen-bond donors (Lipinski definition) is 2. The van der Waals surface area contributed by atoms with E-state index in [1.165, 1.54) is 0 Å². The van der Waals surface area contributed by atoms with Crippen LogP contribution in [0.25, 0.3) is 5.57 Å². The van der Waals surface area contributed by atoms with Gasteiger partial charge in [-0.1, -0.05) is 12.1 Å². The van der Waals surface area contributed by atoms with Gasteiger partial charge in [0.25, 0.3) is 0 Å².